The molecule has 1 aliphatic rings. The number of carbonyl (C=O) groups excluding carboxylic acids is 1. The van der Waals surface area contributed by atoms with E-state index in [4.69, 9.17) is 10.00 Å². The average Bonchev–Trinajstić information content (AvgIpc) is 2.71. The van der Waals surface area contributed by atoms with Gasteiger partial charge in [-0.05, 0) is 50.3 Å². The number of carbonyl (C=O) groups is 1. The molecule has 0 radical (unpaired) electrons. The van der Waals surface area contributed by atoms with E-state index in [0.717, 1.165) is 19.3 Å². The van der Waals surface area contributed by atoms with Crippen molar-refractivity contribution < 1.29 is 9.53 Å². The second-order valence-electron chi connectivity index (χ2n) is 6.38. The molecule has 2 aromatic rings. The molecular formula is C20H21N3O3S. The van der Waals surface area contributed by atoms with Crippen molar-refractivity contribution in [3.05, 3.63) is 45.8 Å². The molecule has 0 saturated heterocycles. The van der Waals surface area contributed by atoms with Gasteiger partial charge < -0.3 is 4.74 Å². The number of thioether (sulfide) groups is 1. The average molecular weight is 383 g/mol. The lowest BCUT2D eigenvalue weighted by Crippen LogP contribution is -2.24. The van der Waals surface area contributed by atoms with Gasteiger partial charge in [0, 0.05) is 6.54 Å². The standard InChI is InChI=1S/C20H21N3O3S/c1-26-19(25)15-7-8-16-17(13-15)22-20(27-12-10-21)23(18(16)24)11-9-14-5-3-2-4-6-14/h5,7-8,13H,2-4,6,9,11-12H2,1H3. The zero-order valence-corrected chi connectivity index (χ0v) is 16.1. The Labute approximate surface area is 161 Å². The van der Waals surface area contributed by atoms with Crippen LogP contribution in [-0.2, 0) is 11.3 Å². The van der Waals surface area contributed by atoms with Crippen molar-refractivity contribution >= 4 is 28.6 Å². The number of aromatic nitrogens is 2. The summed E-state index contributed by atoms with van der Waals surface area (Å²) in [6, 6.07) is 6.83. The molecule has 27 heavy (non-hydrogen) atoms. The van der Waals surface area contributed by atoms with Gasteiger partial charge in [-0.1, -0.05) is 23.4 Å². The Bertz CT molecular complexity index is 988. The molecule has 7 heteroatoms. The van der Waals surface area contributed by atoms with Crippen molar-refractivity contribution in [1.82, 2.24) is 9.55 Å². The van der Waals surface area contributed by atoms with Crippen LogP contribution >= 0.6 is 11.8 Å². The summed E-state index contributed by atoms with van der Waals surface area (Å²) in [4.78, 5) is 29.3. The first-order chi connectivity index (χ1) is 13.1. The molecular weight excluding hydrogens is 362 g/mol. The summed E-state index contributed by atoms with van der Waals surface area (Å²) in [5.41, 5.74) is 2.02. The molecule has 0 unspecified atom stereocenters. The zero-order chi connectivity index (χ0) is 19.2. The fourth-order valence-electron chi connectivity index (χ4n) is 3.24. The minimum Gasteiger partial charge on any atom is -0.465 e. The summed E-state index contributed by atoms with van der Waals surface area (Å²) in [6.45, 7) is 0.542. The highest BCUT2D eigenvalue weighted by atomic mass is 32.2. The highest BCUT2D eigenvalue weighted by molar-refractivity contribution is 7.99. The maximum atomic E-state index is 13.0. The number of benzene rings is 1. The van der Waals surface area contributed by atoms with Gasteiger partial charge in [-0.15, -0.1) is 0 Å². The van der Waals surface area contributed by atoms with Crippen LogP contribution < -0.4 is 5.56 Å². The topological polar surface area (TPSA) is 85.0 Å². The summed E-state index contributed by atoms with van der Waals surface area (Å²) in [6.07, 6.45) is 7.70. The van der Waals surface area contributed by atoms with E-state index in [-0.39, 0.29) is 11.3 Å². The number of hydrogen-bond donors (Lipinski definition) is 0. The quantitative estimate of drug-likeness (QED) is 0.327. The first-order valence-corrected chi connectivity index (χ1v) is 9.93. The number of esters is 1. The normalized spacial score (nSPS) is 13.9. The number of ether oxygens (including phenoxy) is 1. The zero-order valence-electron chi connectivity index (χ0n) is 15.2. The summed E-state index contributed by atoms with van der Waals surface area (Å²) < 4.78 is 6.39. The lowest BCUT2D eigenvalue weighted by atomic mass is 9.97. The predicted molar refractivity (Wildman–Crippen MR) is 105 cm³/mol. The van der Waals surface area contributed by atoms with Crippen molar-refractivity contribution in [1.29, 1.82) is 5.26 Å². The van der Waals surface area contributed by atoms with Crippen LogP contribution in [-0.4, -0.2) is 28.4 Å². The van der Waals surface area contributed by atoms with E-state index in [1.165, 1.54) is 37.3 Å². The lowest BCUT2D eigenvalue weighted by Gasteiger charge is -2.16. The fourth-order valence-corrected chi connectivity index (χ4v) is 3.92. The van der Waals surface area contributed by atoms with Gasteiger partial charge in [-0.2, -0.15) is 5.26 Å². The Morgan fingerprint density at radius 3 is 2.96 bits per heavy atom. The van der Waals surface area contributed by atoms with E-state index < -0.39 is 5.97 Å². The van der Waals surface area contributed by atoms with Gasteiger partial charge in [0.15, 0.2) is 5.16 Å². The summed E-state index contributed by atoms with van der Waals surface area (Å²) in [5, 5.41) is 9.89. The summed E-state index contributed by atoms with van der Waals surface area (Å²) >= 11 is 1.24. The maximum Gasteiger partial charge on any atom is 0.337 e. The molecule has 6 nitrogen and oxygen atoms in total. The monoisotopic (exact) mass is 383 g/mol. The lowest BCUT2D eigenvalue weighted by molar-refractivity contribution is 0.0601. The second-order valence-corrected chi connectivity index (χ2v) is 7.32. The van der Waals surface area contributed by atoms with Gasteiger partial charge in [-0.3, -0.25) is 9.36 Å². The Hall–Kier alpha value is -2.59. The molecule has 140 valence electrons. The molecule has 1 aromatic heterocycles. The van der Waals surface area contributed by atoms with Gasteiger partial charge in [0.25, 0.3) is 5.56 Å². The molecule has 1 aliphatic carbocycles. The molecule has 0 N–H and O–H groups in total. The Kier molecular flexibility index (Phi) is 6.30. The van der Waals surface area contributed by atoms with Crippen LogP contribution in [0, 0.1) is 11.3 Å². The number of allylic oxidation sites excluding steroid dienone is 2. The maximum absolute atomic E-state index is 13.0. The van der Waals surface area contributed by atoms with Crippen molar-refractivity contribution in [2.24, 2.45) is 0 Å². The van der Waals surface area contributed by atoms with Crippen LogP contribution in [0.2, 0.25) is 0 Å². The highest BCUT2D eigenvalue weighted by Gasteiger charge is 2.15. The third-order valence-corrected chi connectivity index (χ3v) is 5.49. The van der Waals surface area contributed by atoms with E-state index in [0.29, 0.717) is 28.2 Å². The number of methoxy groups -OCH3 is 1. The van der Waals surface area contributed by atoms with Gasteiger partial charge in [-0.25, -0.2) is 9.78 Å². The largest absolute Gasteiger partial charge is 0.465 e. The molecule has 1 aromatic carbocycles. The predicted octanol–water partition coefficient (Wildman–Crippen LogP) is 3.69. The number of hydrogen-bond acceptors (Lipinski definition) is 6. The molecule has 0 saturated carbocycles. The molecule has 0 amide bonds. The number of nitrogens with zero attached hydrogens (tertiary/aromatic N) is 3. The van der Waals surface area contributed by atoms with E-state index in [9.17, 15) is 9.59 Å². The molecule has 1 heterocycles. The van der Waals surface area contributed by atoms with Crippen molar-refractivity contribution in [3.8, 4) is 6.07 Å². The van der Waals surface area contributed by atoms with Crippen LogP contribution in [0.15, 0.2) is 39.8 Å². The molecule has 0 bridgehead atoms. The fraction of sp³-hybridized carbons (Fsp3) is 0.400. The number of fused-ring (bicyclic) bond motifs is 1. The van der Waals surface area contributed by atoms with Gasteiger partial charge in [0.05, 0.1) is 35.4 Å². The Morgan fingerprint density at radius 2 is 2.26 bits per heavy atom. The Balaban J connectivity index is 2.00. The first kappa shape index (κ1) is 19.2. The van der Waals surface area contributed by atoms with Gasteiger partial charge in [0.1, 0.15) is 0 Å². The summed E-state index contributed by atoms with van der Waals surface area (Å²) in [7, 11) is 1.31. The second kappa shape index (κ2) is 8.87. The minimum absolute atomic E-state index is 0.145. The van der Waals surface area contributed by atoms with Gasteiger partial charge >= 0.3 is 5.97 Å². The van der Waals surface area contributed by atoms with Crippen molar-refractivity contribution in [2.45, 2.75) is 43.8 Å². The number of rotatable bonds is 6. The van der Waals surface area contributed by atoms with E-state index in [1.54, 1.807) is 22.8 Å². The third kappa shape index (κ3) is 4.40. The summed E-state index contributed by atoms with van der Waals surface area (Å²) in [5.74, 6) is -0.268. The van der Waals surface area contributed by atoms with Crippen LogP contribution in [0.1, 0.15) is 42.5 Å². The van der Waals surface area contributed by atoms with Crippen LogP contribution in [0.25, 0.3) is 10.9 Å². The van der Waals surface area contributed by atoms with Crippen molar-refractivity contribution in [3.63, 3.8) is 0 Å². The van der Waals surface area contributed by atoms with Crippen LogP contribution in [0.4, 0.5) is 0 Å². The van der Waals surface area contributed by atoms with Crippen molar-refractivity contribution in [2.75, 3.05) is 12.9 Å². The molecule has 0 atom stereocenters. The van der Waals surface area contributed by atoms with E-state index >= 15 is 0 Å². The molecule has 0 spiro atoms. The Morgan fingerprint density at radius 1 is 1.41 bits per heavy atom. The SMILES string of the molecule is COC(=O)c1ccc2c(=O)n(CCC3=CCCCC3)c(SCC#N)nc2c1. The van der Waals surface area contributed by atoms with Gasteiger partial charge in [0.2, 0.25) is 0 Å². The van der Waals surface area contributed by atoms with E-state index in [2.05, 4.69) is 17.1 Å². The highest BCUT2D eigenvalue weighted by Crippen LogP contribution is 2.23. The van der Waals surface area contributed by atoms with E-state index in [1.807, 2.05) is 0 Å². The molecule has 0 aliphatic heterocycles. The number of nitriles is 1. The first-order valence-electron chi connectivity index (χ1n) is 8.94. The van der Waals surface area contributed by atoms with Crippen LogP contribution in [0.3, 0.4) is 0 Å². The minimum atomic E-state index is -0.474. The van der Waals surface area contributed by atoms with Crippen LogP contribution in [0.5, 0.6) is 0 Å². The smallest absolute Gasteiger partial charge is 0.337 e. The molecule has 0 fully saturated rings. The third-order valence-electron chi connectivity index (χ3n) is 4.65. The molecule has 3 rings (SSSR count).